The van der Waals surface area contributed by atoms with Gasteiger partial charge in [0, 0.05) is 43.4 Å². The number of hydrogen-bond donors (Lipinski definition) is 1. The first kappa shape index (κ1) is 15.3. The Morgan fingerprint density at radius 2 is 1.70 bits per heavy atom. The number of anilines is 1. The SMILES string of the molecule is CCC(N)c1ccccc1N1CCN(C(C)(C)C)CC1. The van der Waals surface area contributed by atoms with Crippen molar-refractivity contribution in [2.45, 2.75) is 45.7 Å². The minimum atomic E-state index is 0.145. The van der Waals surface area contributed by atoms with E-state index in [9.17, 15) is 0 Å². The second-order valence-electron chi connectivity index (χ2n) is 6.72. The monoisotopic (exact) mass is 275 g/mol. The molecule has 1 unspecified atom stereocenters. The normalized spacial score (nSPS) is 19.1. The van der Waals surface area contributed by atoms with Gasteiger partial charge >= 0.3 is 0 Å². The molecular weight excluding hydrogens is 246 g/mol. The topological polar surface area (TPSA) is 32.5 Å². The van der Waals surface area contributed by atoms with E-state index >= 15 is 0 Å². The second kappa shape index (κ2) is 6.15. The first-order valence-electron chi connectivity index (χ1n) is 7.78. The van der Waals surface area contributed by atoms with Crippen molar-refractivity contribution in [3.8, 4) is 0 Å². The molecule has 0 amide bonds. The van der Waals surface area contributed by atoms with Crippen molar-refractivity contribution in [1.29, 1.82) is 0 Å². The third-order valence-electron chi connectivity index (χ3n) is 4.35. The molecule has 2 rings (SSSR count). The molecule has 1 atom stereocenters. The van der Waals surface area contributed by atoms with Crippen molar-refractivity contribution in [2.75, 3.05) is 31.1 Å². The van der Waals surface area contributed by atoms with Crippen molar-refractivity contribution < 1.29 is 0 Å². The summed E-state index contributed by atoms with van der Waals surface area (Å²) in [5.41, 5.74) is 9.15. The van der Waals surface area contributed by atoms with Crippen molar-refractivity contribution in [3.05, 3.63) is 29.8 Å². The highest BCUT2D eigenvalue weighted by molar-refractivity contribution is 5.55. The summed E-state index contributed by atoms with van der Waals surface area (Å²) in [4.78, 5) is 5.05. The third-order valence-corrected chi connectivity index (χ3v) is 4.35. The first-order valence-corrected chi connectivity index (χ1v) is 7.78. The molecule has 1 heterocycles. The Labute approximate surface area is 123 Å². The van der Waals surface area contributed by atoms with E-state index in [0.717, 1.165) is 32.6 Å². The lowest BCUT2D eigenvalue weighted by Gasteiger charge is -2.43. The van der Waals surface area contributed by atoms with Crippen molar-refractivity contribution in [3.63, 3.8) is 0 Å². The summed E-state index contributed by atoms with van der Waals surface area (Å²) in [5, 5.41) is 0. The molecule has 112 valence electrons. The predicted molar refractivity (Wildman–Crippen MR) is 87.2 cm³/mol. The Kier molecular flexibility index (Phi) is 4.71. The zero-order chi connectivity index (χ0) is 14.8. The number of nitrogens with zero attached hydrogens (tertiary/aromatic N) is 2. The molecule has 1 aliphatic rings. The van der Waals surface area contributed by atoms with E-state index in [-0.39, 0.29) is 11.6 Å². The molecule has 3 nitrogen and oxygen atoms in total. The third kappa shape index (κ3) is 3.33. The van der Waals surface area contributed by atoms with Crippen LogP contribution in [0.25, 0.3) is 0 Å². The summed E-state index contributed by atoms with van der Waals surface area (Å²) < 4.78 is 0. The lowest BCUT2D eigenvalue weighted by molar-refractivity contribution is 0.128. The first-order chi connectivity index (χ1) is 9.43. The van der Waals surface area contributed by atoms with Crippen molar-refractivity contribution in [1.82, 2.24) is 4.90 Å². The maximum absolute atomic E-state index is 6.26. The van der Waals surface area contributed by atoms with Gasteiger partial charge in [-0.05, 0) is 38.8 Å². The van der Waals surface area contributed by atoms with Crippen LogP contribution < -0.4 is 10.6 Å². The van der Waals surface area contributed by atoms with Crippen LogP contribution in [0.15, 0.2) is 24.3 Å². The van der Waals surface area contributed by atoms with Crippen LogP contribution in [0, 0.1) is 0 Å². The highest BCUT2D eigenvalue weighted by Crippen LogP contribution is 2.28. The predicted octanol–water partition coefficient (Wildman–Crippen LogP) is 3.02. The molecule has 1 aliphatic heterocycles. The average Bonchev–Trinajstić information content (AvgIpc) is 2.45. The van der Waals surface area contributed by atoms with Gasteiger partial charge in [0.25, 0.3) is 0 Å². The van der Waals surface area contributed by atoms with E-state index in [2.05, 4.69) is 61.8 Å². The van der Waals surface area contributed by atoms with Gasteiger partial charge in [-0.1, -0.05) is 25.1 Å². The van der Waals surface area contributed by atoms with E-state index in [4.69, 9.17) is 5.73 Å². The molecule has 0 bridgehead atoms. The van der Waals surface area contributed by atoms with Gasteiger partial charge in [-0.25, -0.2) is 0 Å². The lowest BCUT2D eigenvalue weighted by atomic mass is 10.0. The summed E-state index contributed by atoms with van der Waals surface area (Å²) in [6, 6.07) is 8.76. The Hall–Kier alpha value is -1.06. The molecule has 0 saturated carbocycles. The van der Waals surface area contributed by atoms with Crippen LogP contribution in [0.1, 0.15) is 45.7 Å². The van der Waals surface area contributed by atoms with Crippen LogP contribution in [0.5, 0.6) is 0 Å². The maximum atomic E-state index is 6.26. The number of rotatable bonds is 3. The molecule has 1 aromatic rings. The molecule has 2 N–H and O–H groups in total. The van der Waals surface area contributed by atoms with Gasteiger partial charge in [0.2, 0.25) is 0 Å². The summed E-state index contributed by atoms with van der Waals surface area (Å²) in [6.07, 6.45) is 0.985. The number of hydrogen-bond acceptors (Lipinski definition) is 3. The highest BCUT2D eigenvalue weighted by atomic mass is 15.3. The molecule has 0 spiro atoms. The van der Waals surface area contributed by atoms with Gasteiger partial charge < -0.3 is 10.6 Å². The van der Waals surface area contributed by atoms with E-state index in [1.165, 1.54) is 11.3 Å². The van der Waals surface area contributed by atoms with Crippen molar-refractivity contribution >= 4 is 5.69 Å². The fourth-order valence-electron chi connectivity index (χ4n) is 2.93. The molecule has 1 aromatic carbocycles. The summed E-state index contributed by atoms with van der Waals surface area (Å²) >= 11 is 0. The van der Waals surface area contributed by atoms with Crippen LogP contribution in [-0.2, 0) is 0 Å². The van der Waals surface area contributed by atoms with Crippen LogP contribution in [-0.4, -0.2) is 36.6 Å². The Balaban J connectivity index is 2.11. The molecule has 20 heavy (non-hydrogen) atoms. The fourth-order valence-corrected chi connectivity index (χ4v) is 2.93. The Morgan fingerprint density at radius 1 is 1.10 bits per heavy atom. The molecule has 0 aliphatic carbocycles. The molecule has 0 aromatic heterocycles. The molecule has 1 saturated heterocycles. The molecule has 3 heteroatoms. The number of nitrogens with two attached hydrogens (primary N) is 1. The van der Waals surface area contributed by atoms with Crippen molar-refractivity contribution in [2.24, 2.45) is 5.73 Å². The van der Waals surface area contributed by atoms with Gasteiger partial charge in [0.05, 0.1) is 0 Å². The van der Waals surface area contributed by atoms with E-state index in [1.807, 2.05) is 0 Å². The van der Waals surface area contributed by atoms with Crippen LogP contribution >= 0.6 is 0 Å². The van der Waals surface area contributed by atoms with Gasteiger partial charge in [0.1, 0.15) is 0 Å². The van der Waals surface area contributed by atoms with Crippen LogP contribution in [0.3, 0.4) is 0 Å². The number of para-hydroxylation sites is 1. The van der Waals surface area contributed by atoms with Gasteiger partial charge in [-0.3, -0.25) is 4.90 Å². The zero-order valence-corrected chi connectivity index (χ0v) is 13.4. The summed E-state index contributed by atoms with van der Waals surface area (Å²) in [6.45, 7) is 13.5. The van der Waals surface area contributed by atoms with E-state index < -0.39 is 0 Å². The van der Waals surface area contributed by atoms with Crippen LogP contribution in [0.4, 0.5) is 5.69 Å². The van der Waals surface area contributed by atoms with Crippen LogP contribution in [0.2, 0.25) is 0 Å². The van der Waals surface area contributed by atoms with Gasteiger partial charge in [0.15, 0.2) is 0 Å². The zero-order valence-electron chi connectivity index (χ0n) is 13.4. The summed E-state index contributed by atoms with van der Waals surface area (Å²) in [7, 11) is 0. The molecular formula is C17H29N3. The molecule has 0 radical (unpaired) electrons. The standard InChI is InChI=1S/C17H29N3/c1-5-15(18)14-8-6-7-9-16(14)19-10-12-20(13-11-19)17(2,3)4/h6-9,15H,5,10-13,18H2,1-4H3. The molecule has 1 fully saturated rings. The second-order valence-corrected chi connectivity index (χ2v) is 6.72. The Morgan fingerprint density at radius 3 is 2.25 bits per heavy atom. The van der Waals surface area contributed by atoms with Gasteiger partial charge in [-0.2, -0.15) is 0 Å². The highest BCUT2D eigenvalue weighted by Gasteiger charge is 2.26. The average molecular weight is 275 g/mol. The lowest BCUT2D eigenvalue weighted by Crippen LogP contribution is -2.53. The fraction of sp³-hybridized carbons (Fsp3) is 0.647. The Bertz CT molecular complexity index is 428. The largest absolute Gasteiger partial charge is 0.369 e. The number of benzene rings is 1. The van der Waals surface area contributed by atoms with E-state index in [1.54, 1.807) is 0 Å². The summed E-state index contributed by atoms with van der Waals surface area (Å²) in [5.74, 6) is 0. The maximum Gasteiger partial charge on any atom is 0.0415 e. The minimum Gasteiger partial charge on any atom is -0.369 e. The van der Waals surface area contributed by atoms with E-state index in [0.29, 0.717) is 0 Å². The van der Waals surface area contributed by atoms with Gasteiger partial charge in [-0.15, -0.1) is 0 Å². The smallest absolute Gasteiger partial charge is 0.0415 e. The quantitative estimate of drug-likeness (QED) is 0.920. The minimum absolute atomic E-state index is 0.145. The number of piperazine rings is 1.